The molecule has 0 bridgehead atoms. The molecule has 4 aromatic carbocycles. The summed E-state index contributed by atoms with van der Waals surface area (Å²) in [7, 11) is -2.47. The third kappa shape index (κ3) is 5.84. The lowest BCUT2D eigenvalue weighted by molar-refractivity contribution is -0.128. The fourth-order valence-electron chi connectivity index (χ4n) is 5.28. The number of aliphatic imine (C=N–C) groups is 1. The van der Waals surface area contributed by atoms with Crippen molar-refractivity contribution >= 4 is 44.0 Å². The average molecular weight is 583 g/mol. The molecule has 0 saturated heterocycles. The Morgan fingerprint density at radius 3 is 2.31 bits per heavy atom. The van der Waals surface area contributed by atoms with E-state index in [-0.39, 0.29) is 17.2 Å². The average Bonchev–Trinajstić information content (AvgIpc) is 3.07. The summed E-state index contributed by atoms with van der Waals surface area (Å²) in [6.07, 6.45) is -1.04. The number of hydrogen-bond donors (Lipinski definition) is 2. The first-order chi connectivity index (χ1) is 20.1. The van der Waals surface area contributed by atoms with Gasteiger partial charge in [-0.3, -0.25) is 9.59 Å². The third-order valence-corrected chi connectivity index (χ3v) is 8.91. The van der Waals surface area contributed by atoms with Crippen LogP contribution in [-0.4, -0.2) is 45.2 Å². The van der Waals surface area contributed by atoms with Crippen molar-refractivity contribution < 1.29 is 18.0 Å². The Bertz CT molecular complexity index is 1780. The summed E-state index contributed by atoms with van der Waals surface area (Å²) in [5.74, 6) is -1.08. The number of hydrogen-bond acceptors (Lipinski definition) is 5. The molecule has 1 aliphatic rings. The quantitative estimate of drug-likeness (QED) is 0.311. The molecule has 9 heteroatoms. The van der Waals surface area contributed by atoms with Gasteiger partial charge in [-0.1, -0.05) is 92.7 Å². The number of benzodiazepines with no additional fused rings is 1. The predicted molar refractivity (Wildman–Crippen MR) is 166 cm³/mol. The molecule has 0 fully saturated rings. The lowest BCUT2D eigenvalue weighted by Gasteiger charge is -2.24. The largest absolute Gasteiger partial charge is 0.325 e. The van der Waals surface area contributed by atoms with Gasteiger partial charge in [-0.25, -0.2) is 13.4 Å². The first kappa shape index (κ1) is 29.2. The standard InChI is InChI=1S/C33H34N4O4S/c1-21(2)20-27(36-42(40,41)29-19-11-16-24-22(3)12-10-17-25(24)29)32(38)35-31-33(39)37(4)28-18-9-8-15-26(28)30(34-31)23-13-6-5-7-14-23/h5-19,21,27,31,36H,20H2,1-4H3,(H,35,38). The monoisotopic (exact) mass is 582 g/mol. The smallest absolute Gasteiger partial charge is 0.272 e. The summed E-state index contributed by atoms with van der Waals surface area (Å²) in [6, 6.07) is 26.3. The van der Waals surface area contributed by atoms with E-state index in [1.165, 1.54) is 11.0 Å². The number of fused-ring (bicyclic) bond motifs is 2. The molecule has 2 unspecified atom stereocenters. The molecule has 0 saturated carbocycles. The van der Waals surface area contributed by atoms with Gasteiger partial charge in [0.2, 0.25) is 22.1 Å². The first-order valence-corrected chi connectivity index (χ1v) is 15.4. The van der Waals surface area contributed by atoms with Gasteiger partial charge in [-0.2, -0.15) is 4.72 Å². The summed E-state index contributed by atoms with van der Waals surface area (Å²) in [5, 5.41) is 4.15. The number of rotatable bonds is 8. The van der Waals surface area contributed by atoms with Gasteiger partial charge in [-0.05, 0) is 42.3 Å². The summed E-state index contributed by atoms with van der Waals surface area (Å²) >= 11 is 0. The SMILES string of the molecule is Cc1cccc2c(S(=O)(=O)NC(CC(C)C)C(=O)NC3N=C(c4ccccc4)c4ccccc4N(C)C3=O)cccc12. The number of nitrogens with zero attached hydrogens (tertiary/aromatic N) is 2. The molecule has 0 aliphatic carbocycles. The zero-order chi connectivity index (χ0) is 30.0. The van der Waals surface area contributed by atoms with Crippen LogP contribution in [0.5, 0.6) is 0 Å². The second-order valence-corrected chi connectivity index (χ2v) is 12.6. The summed E-state index contributed by atoms with van der Waals surface area (Å²) < 4.78 is 30.0. The molecule has 5 rings (SSSR count). The molecule has 2 amide bonds. The van der Waals surface area contributed by atoms with Crippen LogP contribution in [0.1, 0.15) is 37.0 Å². The van der Waals surface area contributed by atoms with Gasteiger partial charge in [0.1, 0.15) is 6.04 Å². The molecule has 1 heterocycles. The Balaban J connectivity index is 1.50. The van der Waals surface area contributed by atoms with E-state index in [9.17, 15) is 18.0 Å². The number of carbonyl (C=O) groups excluding carboxylic acids is 2. The van der Waals surface area contributed by atoms with Crippen LogP contribution in [0.4, 0.5) is 5.69 Å². The van der Waals surface area contributed by atoms with E-state index in [0.29, 0.717) is 16.8 Å². The van der Waals surface area contributed by atoms with Crippen LogP contribution in [0.25, 0.3) is 10.8 Å². The van der Waals surface area contributed by atoms with Crippen molar-refractivity contribution in [3.63, 3.8) is 0 Å². The van der Waals surface area contributed by atoms with E-state index in [4.69, 9.17) is 4.99 Å². The van der Waals surface area contributed by atoms with Crippen LogP contribution in [0.2, 0.25) is 0 Å². The number of benzene rings is 4. The highest BCUT2D eigenvalue weighted by atomic mass is 32.2. The van der Waals surface area contributed by atoms with Crippen LogP contribution in [-0.2, 0) is 19.6 Å². The minimum Gasteiger partial charge on any atom is -0.325 e. The number of sulfonamides is 1. The molecule has 2 atom stereocenters. The number of aryl methyl sites for hydroxylation is 1. The Morgan fingerprint density at radius 1 is 0.905 bits per heavy atom. The lowest BCUT2D eigenvalue weighted by atomic mass is 10.0. The van der Waals surface area contributed by atoms with Crippen molar-refractivity contribution in [2.24, 2.45) is 10.9 Å². The van der Waals surface area contributed by atoms with Gasteiger partial charge in [0.05, 0.1) is 16.3 Å². The molecule has 0 aromatic heterocycles. The van der Waals surface area contributed by atoms with Gasteiger partial charge >= 0.3 is 0 Å². The molecular formula is C33H34N4O4S. The first-order valence-electron chi connectivity index (χ1n) is 13.9. The van der Waals surface area contributed by atoms with Crippen LogP contribution in [0, 0.1) is 12.8 Å². The molecule has 2 N–H and O–H groups in total. The van der Waals surface area contributed by atoms with Gasteiger partial charge < -0.3 is 10.2 Å². The number of carbonyl (C=O) groups is 2. The van der Waals surface area contributed by atoms with Crippen LogP contribution < -0.4 is 14.9 Å². The van der Waals surface area contributed by atoms with Crippen molar-refractivity contribution in [1.29, 1.82) is 0 Å². The van der Waals surface area contributed by atoms with E-state index >= 15 is 0 Å². The van der Waals surface area contributed by atoms with Gasteiger partial charge in [0.25, 0.3) is 5.91 Å². The predicted octanol–water partition coefficient (Wildman–Crippen LogP) is 4.80. The fourth-order valence-corrected chi connectivity index (χ4v) is 6.71. The maximum atomic E-state index is 13.8. The zero-order valence-electron chi connectivity index (χ0n) is 24.0. The number of para-hydroxylation sites is 1. The fraction of sp³-hybridized carbons (Fsp3) is 0.242. The zero-order valence-corrected chi connectivity index (χ0v) is 24.9. The van der Waals surface area contributed by atoms with Gasteiger partial charge in [0, 0.05) is 23.6 Å². The maximum absolute atomic E-state index is 13.8. The second-order valence-electron chi connectivity index (χ2n) is 10.9. The normalized spacial score (nSPS) is 16.1. The molecule has 0 radical (unpaired) electrons. The molecular weight excluding hydrogens is 548 g/mol. The highest BCUT2D eigenvalue weighted by Crippen LogP contribution is 2.28. The molecule has 8 nitrogen and oxygen atoms in total. The Labute approximate surface area is 246 Å². The minimum absolute atomic E-state index is 0.0154. The topological polar surface area (TPSA) is 108 Å². The van der Waals surface area contributed by atoms with E-state index in [2.05, 4.69) is 10.0 Å². The second kappa shape index (κ2) is 11.9. The summed E-state index contributed by atoms with van der Waals surface area (Å²) in [5.41, 5.74) is 3.71. The van der Waals surface area contributed by atoms with Crippen LogP contribution in [0.15, 0.2) is 101 Å². The van der Waals surface area contributed by atoms with E-state index in [1.807, 2.05) is 93.6 Å². The van der Waals surface area contributed by atoms with E-state index in [1.54, 1.807) is 19.2 Å². The Hall–Kier alpha value is -4.34. The summed E-state index contributed by atoms with van der Waals surface area (Å²) in [4.78, 5) is 33.7. The van der Waals surface area contributed by atoms with Crippen molar-refractivity contribution in [1.82, 2.24) is 10.0 Å². The number of amides is 2. The minimum atomic E-state index is -4.11. The highest BCUT2D eigenvalue weighted by molar-refractivity contribution is 7.89. The van der Waals surface area contributed by atoms with Crippen LogP contribution in [0.3, 0.4) is 0 Å². The van der Waals surface area contributed by atoms with Crippen molar-refractivity contribution in [3.05, 3.63) is 108 Å². The molecule has 42 heavy (non-hydrogen) atoms. The molecule has 0 spiro atoms. The third-order valence-electron chi connectivity index (χ3n) is 7.38. The summed E-state index contributed by atoms with van der Waals surface area (Å²) in [6.45, 7) is 5.73. The Morgan fingerprint density at radius 2 is 1.57 bits per heavy atom. The van der Waals surface area contributed by atoms with E-state index < -0.39 is 34.0 Å². The molecule has 4 aromatic rings. The maximum Gasteiger partial charge on any atom is 0.272 e. The Kier molecular flexibility index (Phi) is 8.24. The molecule has 1 aliphatic heterocycles. The number of nitrogens with one attached hydrogen (secondary N) is 2. The van der Waals surface area contributed by atoms with Gasteiger partial charge in [0.15, 0.2) is 0 Å². The van der Waals surface area contributed by atoms with Crippen molar-refractivity contribution in [2.45, 2.75) is 44.3 Å². The highest BCUT2D eigenvalue weighted by Gasteiger charge is 2.34. The lowest BCUT2D eigenvalue weighted by Crippen LogP contribution is -2.53. The van der Waals surface area contributed by atoms with Crippen molar-refractivity contribution in [2.75, 3.05) is 11.9 Å². The number of likely N-dealkylation sites (N-methyl/N-ethyl adjacent to an activating group) is 1. The van der Waals surface area contributed by atoms with Crippen molar-refractivity contribution in [3.8, 4) is 0 Å². The number of anilines is 1. The van der Waals surface area contributed by atoms with E-state index in [0.717, 1.165) is 22.1 Å². The molecule has 216 valence electrons. The van der Waals surface area contributed by atoms with Gasteiger partial charge in [-0.15, -0.1) is 0 Å². The van der Waals surface area contributed by atoms with Crippen LogP contribution >= 0.6 is 0 Å².